The Morgan fingerprint density at radius 3 is 2.58 bits per heavy atom. The van der Waals surface area contributed by atoms with E-state index >= 15 is 4.39 Å². The summed E-state index contributed by atoms with van der Waals surface area (Å²) >= 11 is 1.01. The summed E-state index contributed by atoms with van der Waals surface area (Å²) in [7, 11) is 5.16. The lowest BCUT2D eigenvalue weighted by Crippen LogP contribution is -2.45. The lowest BCUT2D eigenvalue weighted by molar-refractivity contribution is -0.153. The summed E-state index contributed by atoms with van der Waals surface area (Å²) in [5, 5.41) is 10.8. The number of likely N-dealkylation sites (tertiary alicyclic amines) is 1. The van der Waals surface area contributed by atoms with Gasteiger partial charge in [-0.25, -0.2) is 17.6 Å². The van der Waals surface area contributed by atoms with Gasteiger partial charge >= 0.3 is 5.97 Å². The molecule has 11 heteroatoms. The molecule has 1 aliphatic heterocycles. The predicted octanol–water partition coefficient (Wildman–Crippen LogP) is 6.48. The van der Waals surface area contributed by atoms with Crippen LogP contribution >= 0.6 is 11.8 Å². The molecule has 40 heavy (non-hydrogen) atoms. The van der Waals surface area contributed by atoms with Crippen molar-refractivity contribution in [3.05, 3.63) is 59.5 Å². The van der Waals surface area contributed by atoms with Gasteiger partial charge in [0.05, 0.1) is 29.9 Å². The van der Waals surface area contributed by atoms with E-state index in [1.807, 2.05) is 19.0 Å². The lowest BCUT2D eigenvalue weighted by atomic mass is 9.74. The molecule has 0 spiro atoms. The smallest absolute Gasteiger partial charge is 0.309 e. The van der Waals surface area contributed by atoms with Crippen LogP contribution in [-0.2, 0) is 4.79 Å². The van der Waals surface area contributed by atoms with E-state index < -0.39 is 35.0 Å². The summed E-state index contributed by atoms with van der Waals surface area (Å²) in [6.45, 7) is 1.45. The van der Waals surface area contributed by atoms with Crippen molar-refractivity contribution in [2.24, 2.45) is 5.41 Å². The van der Waals surface area contributed by atoms with E-state index in [2.05, 4.69) is 4.98 Å². The molecule has 1 aliphatic rings. The van der Waals surface area contributed by atoms with Crippen LogP contribution in [0, 0.1) is 22.9 Å². The number of benzene rings is 2. The van der Waals surface area contributed by atoms with Crippen LogP contribution in [0.3, 0.4) is 0 Å². The highest BCUT2D eigenvalue weighted by molar-refractivity contribution is 7.99. The summed E-state index contributed by atoms with van der Waals surface area (Å²) in [6.07, 6.45) is 1.10. The number of nitrogens with zero attached hydrogens (tertiary/aromatic N) is 3. The summed E-state index contributed by atoms with van der Waals surface area (Å²) in [4.78, 5) is 20.6. The van der Waals surface area contributed by atoms with Crippen molar-refractivity contribution in [1.82, 2.24) is 9.88 Å². The molecule has 1 atom stereocenters. The third-order valence-corrected chi connectivity index (χ3v) is 8.65. The highest BCUT2D eigenvalue weighted by Crippen LogP contribution is 2.43. The number of aliphatic carboxylic acids is 1. The number of carbonyl (C=O) groups is 1. The minimum absolute atomic E-state index is 0.0315. The molecule has 2 heterocycles. The predicted molar refractivity (Wildman–Crippen MR) is 148 cm³/mol. The second-order valence-electron chi connectivity index (χ2n) is 10.3. The van der Waals surface area contributed by atoms with Gasteiger partial charge in [0.1, 0.15) is 17.7 Å². The number of hydrogen-bond acceptors (Lipinski definition) is 6. The molecule has 1 aromatic heterocycles. The zero-order chi connectivity index (χ0) is 29.0. The number of carboxylic acids is 1. The number of hydrogen-bond donors (Lipinski definition) is 1. The van der Waals surface area contributed by atoms with Gasteiger partial charge in [0, 0.05) is 48.3 Å². The maximum absolute atomic E-state index is 16.0. The molecule has 1 saturated heterocycles. The van der Waals surface area contributed by atoms with E-state index in [4.69, 9.17) is 4.74 Å². The van der Waals surface area contributed by atoms with E-state index in [0.717, 1.165) is 17.8 Å². The molecule has 2 aromatic carbocycles. The number of carboxylic acid groups (broad SMARTS) is 1. The Kier molecular flexibility index (Phi) is 9.45. The maximum Gasteiger partial charge on any atom is 0.309 e. The Hall–Kier alpha value is -3.05. The van der Waals surface area contributed by atoms with Gasteiger partial charge in [-0.2, -0.15) is 0 Å². The highest BCUT2D eigenvalue weighted by Gasteiger charge is 2.42. The molecular weight excluding hydrogens is 546 g/mol. The van der Waals surface area contributed by atoms with Crippen molar-refractivity contribution in [3.8, 4) is 5.75 Å². The number of rotatable bonds is 11. The van der Waals surface area contributed by atoms with Crippen LogP contribution in [0.2, 0.25) is 0 Å². The third-order valence-electron chi connectivity index (χ3n) is 7.66. The van der Waals surface area contributed by atoms with Crippen LogP contribution < -0.4 is 9.64 Å². The fraction of sp³-hybridized carbons (Fsp3) is 0.448. The number of pyridine rings is 1. The number of piperidine rings is 1. The lowest BCUT2D eigenvalue weighted by Gasteiger charge is -2.39. The first kappa shape index (κ1) is 29.9. The van der Waals surface area contributed by atoms with Gasteiger partial charge in [0.25, 0.3) is 0 Å². The van der Waals surface area contributed by atoms with Crippen molar-refractivity contribution >= 4 is 34.3 Å². The average molecular weight is 580 g/mol. The molecule has 0 aliphatic carbocycles. The Bertz CT molecular complexity index is 1370. The fourth-order valence-electron chi connectivity index (χ4n) is 5.24. The molecule has 3 aromatic rings. The molecule has 216 valence electrons. The minimum atomic E-state index is -1.41. The van der Waals surface area contributed by atoms with Gasteiger partial charge in [-0.15, -0.1) is 11.8 Å². The minimum Gasteiger partial charge on any atom is -0.497 e. The zero-order valence-electron chi connectivity index (χ0n) is 22.7. The van der Waals surface area contributed by atoms with Gasteiger partial charge in [-0.05, 0) is 63.0 Å². The number of alkyl halides is 1. The van der Waals surface area contributed by atoms with Gasteiger partial charge in [-0.1, -0.05) is 0 Å². The van der Waals surface area contributed by atoms with Crippen LogP contribution in [0.5, 0.6) is 5.75 Å². The number of ether oxygens (including phenoxy) is 1. The summed E-state index contributed by atoms with van der Waals surface area (Å²) in [6, 6.07) is 6.76. The van der Waals surface area contributed by atoms with E-state index in [1.54, 1.807) is 29.3 Å². The third kappa shape index (κ3) is 6.46. The largest absolute Gasteiger partial charge is 0.497 e. The van der Waals surface area contributed by atoms with Crippen LogP contribution in [0.1, 0.15) is 37.4 Å². The normalized spacial score (nSPS) is 16.2. The van der Waals surface area contributed by atoms with E-state index in [9.17, 15) is 23.1 Å². The SMILES string of the molecule is COc1ccc2ncc(N(C)C)c([C@H](F)CCC3(C(=O)O)CCN(CCSc4cc(F)cc(F)c4F)CC3)c2c1. The van der Waals surface area contributed by atoms with Crippen molar-refractivity contribution in [3.63, 3.8) is 0 Å². The van der Waals surface area contributed by atoms with Gasteiger partial charge in [0.15, 0.2) is 11.6 Å². The number of halogens is 4. The molecule has 6 nitrogen and oxygen atoms in total. The molecule has 0 unspecified atom stereocenters. The molecule has 0 amide bonds. The highest BCUT2D eigenvalue weighted by atomic mass is 32.2. The Morgan fingerprint density at radius 1 is 1.20 bits per heavy atom. The molecule has 1 fully saturated rings. The number of anilines is 1. The van der Waals surface area contributed by atoms with Crippen molar-refractivity contribution in [2.45, 2.75) is 36.8 Å². The average Bonchev–Trinajstić information content (AvgIpc) is 2.93. The van der Waals surface area contributed by atoms with Crippen LogP contribution in [0.15, 0.2) is 41.4 Å². The van der Waals surface area contributed by atoms with Gasteiger partial charge in [-0.3, -0.25) is 9.78 Å². The molecule has 1 N–H and O–H groups in total. The van der Waals surface area contributed by atoms with Crippen LogP contribution in [0.25, 0.3) is 10.9 Å². The summed E-state index contributed by atoms with van der Waals surface area (Å²) < 4.78 is 62.2. The molecular formula is C29H33F4N3O3S. The van der Waals surface area contributed by atoms with E-state index in [0.29, 0.717) is 72.2 Å². The first-order valence-corrected chi connectivity index (χ1v) is 14.0. The molecule has 4 rings (SSSR count). The fourth-order valence-corrected chi connectivity index (χ4v) is 6.23. The number of fused-ring (bicyclic) bond motifs is 1. The molecule has 0 radical (unpaired) electrons. The summed E-state index contributed by atoms with van der Waals surface area (Å²) in [5.74, 6) is -3.12. The zero-order valence-corrected chi connectivity index (χ0v) is 23.5. The Labute approximate surface area is 235 Å². The maximum atomic E-state index is 16.0. The molecule has 0 saturated carbocycles. The van der Waals surface area contributed by atoms with Crippen molar-refractivity contribution in [2.75, 3.05) is 51.5 Å². The Morgan fingerprint density at radius 2 is 1.93 bits per heavy atom. The standard InChI is InChI=1S/C29H33F4N3O3S/c1-35(2)24-17-34-23-5-4-19(39-3)16-20(23)26(24)21(31)6-7-29(28(37)38)8-10-36(11-9-29)12-13-40-25-15-18(30)14-22(32)27(25)33/h4-5,14-17,21H,6-13H2,1-3H3,(H,37,38)/t21-/m1/s1. The number of methoxy groups -OCH3 is 1. The number of thioether (sulfide) groups is 1. The second-order valence-corrected chi connectivity index (χ2v) is 11.5. The van der Waals surface area contributed by atoms with Crippen molar-refractivity contribution in [1.29, 1.82) is 0 Å². The second kappa shape index (κ2) is 12.6. The monoisotopic (exact) mass is 579 g/mol. The van der Waals surface area contributed by atoms with Gasteiger partial charge in [0.2, 0.25) is 0 Å². The van der Waals surface area contributed by atoms with Crippen LogP contribution in [-0.4, -0.2) is 67.6 Å². The van der Waals surface area contributed by atoms with Crippen molar-refractivity contribution < 1.29 is 32.2 Å². The topological polar surface area (TPSA) is 65.9 Å². The Balaban J connectivity index is 1.41. The quantitative estimate of drug-likeness (QED) is 0.159. The van der Waals surface area contributed by atoms with E-state index in [1.165, 1.54) is 7.11 Å². The number of aromatic nitrogens is 1. The first-order chi connectivity index (χ1) is 19.0. The summed E-state index contributed by atoms with van der Waals surface area (Å²) in [5.41, 5.74) is 0.651. The van der Waals surface area contributed by atoms with Crippen LogP contribution in [0.4, 0.5) is 23.2 Å². The van der Waals surface area contributed by atoms with E-state index in [-0.39, 0.29) is 17.7 Å². The molecule has 0 bridgehead atoms. The van der Waals surface area contributed by atoms with Gasteiger partial charge < -0.3 is 19.6 Å². The first-order valence-electron chi connectivity index (χ1n) is 13.1.